The van der Waals surface area contributed by atoms with E-state index >= 15 is 0 Å². The average molecular weight is 286 g/mol. The van der Waals surface area contributed by atoms with Gasteiger partial charge in [0, 0.05) is 0 Å². The van der Waals surface area contributed by atoms with Crippen LogP contribution in [0.4, 0.5) is 0 Å². The largest absolute Gasteiger partial charge is 0.299 e. The number of halogens is 1. The van der Waals surface area contributed by atoms with E-state index in [1.54, 1.807) is 17.6 Å². The third-order valence-corrected chi connectivity index (χ3v) is 3.32. The van der Waals surface area contributed by atoms with Gasteiger partial charge < -0.3 is 0 Å². The number of aryl methyl sites for hydroxylation is 1. The Kier molecular flexibility index (Phi) is 3.24. The molecule has 20 heavy (non-hydrogen) atoms. The molecule has 4 nitrogen and oxygen atoms in total. The molecule has 0 radical (unpaired) electrons. The zero-order valence-electron chi connectivity index (χ0n) is 10.9. The van der Waals surface area contributed by atoms with Crippen LogP contribution in [0, 0.1) is 6.92 Å². The molecule has 0 N–H and O–H groups in total. The summed E-state index contributed by atoms with van der Waals surface area (Å²) in [5, 5.41) is 0.422. The standard InChI is InChI=1S/C15H12ClN3O/c1-10-15(20)19(9-11-5-4-8-14(16)18-11)13-7-3-2-6-12(13)17-10/h2-8H,9H2,1H3. The third kappa shape index (κ3) is 2.30. The summed E-state index contributed by atoms with van der Waals surface area (Å²) in [6.45, 7) is 2.10. The lowest BCUT2D eigenvalue weighted by atomic mass is 10.2. The molecule has 0 aliphatic carbocycles. The van der Waals surface area contributed by atoms with Crippen molar-refractivity contribution in [2.75, 3.05) is 0 Å². The second kappa shape index (κ2) is 5.06. The van der Waals surface area contributed by atoms with Gasteiger partial charge in [0.15, 0.2) is 0 Å². The van der Waals surface area contributed by atoms with E-state index in [1.165, 1.54) is 0 Å². The molecule has 0 unspecified atom stereocenters. The fourth-order valence-corrected chi connectivity index (χ4v) is 2.36. The first-order valence-electron chi connectivity index (χ1n) is 6.23. The minimum Gasteiger partial charge on any atom is -0.299 e. The molecule has 1 aromatic carbocycles. The first-order valence-corrected chi connectivity index (χ1v) is 6.60. The number of para-hydroxylation sites is 2. The fraction of sp³-hybridized carbons (Fsp3) is 0.133. The highest BCUT2D eigenvalue weighted by molar-refractivity contribution is 6.29. The van der Waals surface area contributed by atoms with Crippen LogP contribution < -0.4 is 5.56 Å². The highest BCUT2D eigenvalue weighted by atomic mass is 35.5. The lowest BCUT2D eigenvalue weighted by molar-refractivity contribution is 0.756. The van der Waals surface area contributed by atoms with Gasteiger partial charge in [-0.15, -0.1) is 0 Å². The number of hydrogen-bond donors (Lipinski definition) is 0. The second-order valence-corrected chi connectivity index (χ2v) is 4.92. The molecule has 0 aliphatic rings. The van der Waals surface area contributed by atoms with Crippen molar-refractivity contribution in [3.05, 3.63) is 69.4 Å². The van der Waals surface area contributed by atoms with Crippen molar-refractivity contribution in [3.63, 3.8) is 0 Å². The Balaban J connectivity index is 2.20. The van der Waals surface area contributed by atoms with Crippen LogP contribution in [0.2, 0.25) is 5.15 Å². The smallest absolute Gasteiger partial charge is 0.272 e. The Hall–Kier alpha value is -2.20. The summed E-state index contributed by atoms with van der Waals surface area (Å²) in [5.74, 6) is 0. The van der Waals surface area contributed by atoms with Gasteiger partial charge in [0.1, 0.15) is 10.8 Å². The molecule has 0 saturated heterocycles. The Morgan fingerprint density at radius 2 is 1.90 bits per heavy atom. The second-order valence-electron chi connectivity index (χ2n) is 4.53. The molecule has 0 aliphatic heterocycles. The Labute approximate surface area is 120 Å². The van der Waals surface area contributed by atoms with Gasteiger partial charge in [0.2, 0.25) is 0 Å². The van der Waals surface area contributed by atoms with Crippen molar-refractivity contribution < 1.29 is 0 Å². The quantitative estimate of drug-likeness (QED) is 0.680. The molecular formula is C15H12ClN3O. The number of nitrogens with zero attached hydrogens (tertiary/aromatic N) is 3. The van der Waals surface area contributed by atoms with Crippen LogP contribution >= 0.6 is 11.6 Å². The monoisotopic (exact) mass is 285 g/mol. The molecule has 100 valence electrons. The predicted molar refractivity (Wildman–Crippen MR) is 79.1 cm³/mol. The predicted octanol–water partition coefficient (Wildman–Crippen LogP) is 2.80. The van der Waals surface area contributed by atoms with E-state index in [4.69, 9.17) is 11.6 Å². The van der Waals surface area contributed by atoms with Gasteiger partial charge in [0.25, 0.3) is 5.56 Å². The molecule has 0 amide bonds. The molecule has 3 rings (SSSR count). The van der Waals surface area contributed by atoms with Crippen LogP contribution in [0.5, 0.6) is 0 Å². The van der Waals surface area contributed by atoms with Crippen molar-refractivity contribution in [1.82, 2.24) is 14.5 Å². The molecule has 0 saturated carbocycles. The number of hydrogen-bond acceptors (Lipinski definition) is 3. The van der Waals surface area contributed by atoms with Gasteiger partial charge in [-0.05, 0) is 31.2 Å². The number of aromatic nitrogens is 3. The molecule has 0 atom stereocenters. The normalized spacial score (nSPS) is 10.9. The van der Waals surface area contributed by atoms with E-state index in [2.05, 4.69) is 9.97 Å². The van der Waals surface area contributed by atoms with Gasteiger partial charge in [-0.3, -0.25) is 9.36 Å². The van der Waals surface area contributed by atoms with E-state index in [0.29, 0.717) is 17.4 Å². The van der Waals surface area contributed by atoms with Crippen LogP contribution in [0.1, 0.15) is 11.4 Å². The van der Waals surface area contributed by atoms with E-state index in [9.17, 15) is 4.79 Å². The van der Waals surface area contributed by atoms with Crippen molar-refractivity contribution in [1.29, 1.82) is 0 Å². The molecule has 0 fully saturated rings. The van der Waals surface area contributed by atoms with Gasteiger partial charge >= 0.3 is 0 Å². The van der Waals surface area contributed by atoms with Gasteiger partial charge in [-0.25, -0.2) is 9.97 Å². The van der Waals surface area contributed by atoms with E-state index in [-0.39, 0.29) is 5.56 Å². The minimum atomic E-state index is -0.106. The Morgan fingerprint density at radius 3 is 2.70 bits per heavy atom. The van der Waals surface area contributed by atoms with Crippen molar-refractivity contribution in [2.24, 2.45) is 0 Å². The summed E-state index contributed by atoms with van der Waals surface area (Å²) in [6.07, 6.45) is 0. The van der Waals surface area contributed by atoms with Crippen molar-refractivity contribution in [3.8, 4) is 0 Å². The first kappa shape index (κ1) is 12.8. The van der Waals surface area contributed by atoms with E-state index < -0.39 is 0 Å². The lowest BCUT2D eigenvalue weighted by Gasteiger charge is -2.10. The van der Waals surface area contributed by atoms with Crippen LogP contribution in [-0.4, -0.2) is 14.5 Å². The zero-order chi connectivity index (χ0) is 14.1. The van der Waals surface area contributed by atoms with Crippen LogP contribution in [0.25, 0.3) is 11.0 Å². The minimum absolute atomic E-state index is 0.106. The molecule has 3 aromatic rings. The summed E-state index contributed by atoms with van der Waals surface area (Å²) in [4.78, 5) is 20.9. The van der Waals surface area contributed by atoms with Crippen LogP contribution in [0.3, 0.4) is 0 Å². The maximum atomic E-state index is 12.3. The maximum Gasteiger partial charge on any atom is 0.272 e. The van der Waals surface area contributed by atoms with Gasteiger partial charge in [-0.1, -0.05) is 29.8 Å². The van der Waals surface area contributed by atoms with Gasteiger partial charge in [0.05, 0.1) is 23.3 Å². The summed E-state index contributed by atoms with van der Waals surface area (Å²) in [7, 11) is 0. The molecule has 5 heteroatoms. The first-order chi connectivity index (χ1) is 9.65. The Morgan fingerprint density at radius 1 is 1.10 bits per heavy atom. The number of pyridine rings is 1. The SMILES string of the molecule is Cc1nc2ccccc2n(Cc2cccc(Cl)n2)c1=O. The highest BCUT2D eigenvalue weighted by Crippen LogP contribution is 2.12. The maximum absolute atomic E-state index is 12.3. The molecule has 2 aromatic heterocycles. The van der Waals surface area contributed by atoms with Crippen molar-refractivity contribution >= 4 is 22.6 Å². The number of rotatable bonds is 2. The average Bonchev–Trinajstić information content (AvgIpc) is 2.44. The third-order valence-electron chi connectivity index (χ3n) is 3.11. The number of benzene rings is 1. The number of fused-ring (bicyclic) bond motifs is 1. The van der Waals surface area contributed by atoms with E-state index in [0.717, 1.165) is 16.7 Å². The van der Waals surface area contributed by atoms with E-state index in [1.807, 2.05) is 36.4 Å². The summed E-state index contributed by atoms with van der Waals surface area (Å²) in [5.41, 5.74) is 2.71. The molecule has 2 heterocycles. The summed E-state index contributed by atoms with van der Waals surface area (Å²) >= 11 is 5.89. The highest BCUT2D eigenvalue weighted by Gasteiger charge is 2.08. The zero-order valence-corrected chi connectivity index (χ0v) is 11.6. The van der Waals surface area contributed by atoms with Crippen LogP contribution in [-0.2, 0) is 6.54 Å². The lowest BCUT2D eigenvalue weighted by Crippen LogP contribution is -2.25. The summed E-state index contributed by atoms with van der Waals surface area (Å²) in [6, 6.07) is 13.0. The Bertz CT molecular complexity index is 842. The molecule has 0 bridgehead atoms. The molecular weight excluding hydrogens is 274 g/mol. The summed E-state index contributed by atoms with van der Waals surface area (Å²) < 4.78 is 1.68. The fourth-order valence-electron chi connectivity index (χ4n) is 2.18. The van der Waals surface area contributed by atoms with Crippen molar-refractivity contribution in [2.45, 2.75) is 13.5 Å². The van der Waals surface area contributed by atoms with Crippen LogP contribution in [0.15, 0.2) is 47.3 Å². The molecule has 0 spiro atoms. The topological polar surface area (TPSA) is 47.8 Å². The van der Waals surface area contributed by atoms with Gasteiger partial charge in [-0.2, -0.15) is 0 Å².